The van der Waals surface area contributed by atoms with Gasteiger partial charge in [-0.3, -0.25) is 4.79 Å². The second kappa shape index (κ2) is 7.41. The lowest BCUT2D eigenvalue weighted by Crippen LogP contribution is -2.30. The van der Waals surface area contributed by atoms with E-state index in [4.69, 9.17) is 4.74 Å². The first kappa shape index (κ1) is 15.0. The van der Waals surface area contributed by atoms with E-state index in [-0.39, 0.29) is 5.91 Å². The van der Waals surface area contributed by atoms with Crippen molar-refractivity contribution in [1.82, 2.24) is 4.90 Å². The van der Waals surface area contributed by atoms with Crippen molar-refractivity contribution >= 4 is 21.8 Å². The van der Waals surface area contributed by atoms with E-state index < -0.39 is 0 Å². The molecule has 100 valence electrons. The van der Waals surface area contributed by atoms with Crippen molar-refractivity contribution in [3.8, 4) is 5.75 Å². The number of rotatable bonds is 6. The van der Waals surface area contributed by atoms with Crippen LogP contribution in [0.4, 0.5) is 0 Å². The van der Waals surface area contributed by atoms with Crippen molar-refractivity contribution in [3.63, 3.8) is 0 Å². The second-order valence-electron chi connectivity index (χ2n) is 4.41. The molecular formula is C14H20BrNO2. The molecule has 0 bridgehead atoms. The van der Waals surface area contributed by atoms with Gasteiger partial charge in [0.2, 0.25) is 5.91 Å². The third-order valence-corrected chi connectivity index (χ3v) is 3.26. The molecule has 0 saturated carbocycles. The van der Waals surface area contributed by atoms with Gasteiger partial charge in [0, 0.05) is 18.4 Å². The molecule has 0 heterocycles. The summed E-state index contributed by atoms with van der Waals surface area (Å²) >= 11 is 3.48. The van der Waals surface area contributed by atoms with Crippen molar-refractivity contribution < 1.29 is 9.53 Å². The van der Waals surface area contributed by atoms with E-state index in [1.807, 2.05) is 31.3 Å². The number of alkyl halides is 1. The predicted octanol–water partition coefficient (Wildman–Crippen LogP) is 2.87. The minimum atomic E-state index is 0.147. The molecule has 1 amide bonds. The topological polar surface area (TPSA) is 29.5 Å². The minimum Gasteiger partial charge on any atom is -0.497 e. The number of hydrogen-bond donors (Lipinski definition) is 0. The molecule has 0 saturated heterocycles. The molecule has 1 unspecified atom stereocenters. The van der Waals surface area contributed by atoms with Crippen LogP contribution in [0.1, 0.15) is 18.9 Å². The number of carbonyl (C=O) groups excluding carboxylic acids is 1. The van der Waals surface area contributed by atoms with Crippen molar-refractivity contribution in [3.05, 3.63) is 29.8 Å². The van der Waals surface area contributed by atoms with Gasteiger partial charge in [0.15, 0.2) is 0 Å². The maximum atomic E-state index is 12.0. The SMILES string of the molecule is COc1ccc(CC(=O)N(C)CCC(C)Br)cc1. The van der Waals surface area contributed by atoms with Crippen LogP contribution in [0.3, 0.4) is 0 Å². The molecule has 1 aromatic rings. The molecule has 0 N–H and O–H groups in total. The van der Waals surface area contributed by atoms with E-state index in [9.17, 15) is 4.79 Å². The third kappa shape index (κ3) is 5.08. The first-order valence-electron chi connectivity index (χ1n) is 6.04. The standard InChI is InChI=1S/C14H20BrNO2/c1-11(15)8-9-16(2)14(17)10-12-4-6-13(18-3)7-5-12/h4-7,11H,8-10H2,1-3H3. The van der Waals surface area contributed by atoms with Crippen molar-refractivity contribution in [2.45, 2.75) is 24.6 Å². The van der Waals surface area contributed by atoms with E-state index >= 15 is 0 Å². The maximum Gasteiger partial charge on any atom is 0.226 e. The van der Waals surface area contributed by atoms with Crippen molar-refractivity contribution in [1.29, 1.82) is 0 Å². The lowest BCUT2D eigenvalue weighted by molar-refractivity contribution is -0.129. The highest BCUT2D eigenvalue weighted by atomic mass is 79.9. The summed E-state index contributed by atoms with van der Waals surface area (Å²) in [6.45, 7) is 2.86. The first-order chi connectivity index (χ1) is 8.52. The smallest absolute Gasteiger partial charge is 0.226 e. The number of nitrogens with zero attached hydrogens (tertiary/aromatic N) is 1. The van der Waals surface area contributed by atoms with Crippen LogP contribution in [0, 0.1) is 0 Å². The Morgan fingerprint density at radius 2 is 2.00 bits per heavy atom. The molecule has 1 rings (SSSR count). The minimum absolute atomic E-state index is 0.147. The van der Waals surface area contributed by atoms with Gasteiger partial charge in [-0.05, 0) is 24.1 Å². The van der Waals surface area contributed by atoms with Gasteiger partial charge in [0.05, 0.1) is 13.5 Å². The van der Waals surface area contributed by atoms with Crippen molar-refractivity contribution in [2.24, 2.45) is 0 Å². The van der Waals surface area contributed by atoms with Gasteiger partial charge in [-0.1, -0.05) is 35.0 Å². The highest BCUT2D eigenvalue weighted by Gasteiger charge is 2.10. The molecule has 0 radical (unpaired) electrons. The monoisotopic (exact) mass is 313 g/mol. The van der Waals surface area contributed by atoms with E-state index in [0.29, 0.717) is 11.2 Å². The van der Waals surface area contributed by atoms with Gasteiger partial charge in [-0.15, -0.1) is 0 Å². The Morgan fingerprint density at radius 3 is 2.50 bits per heavy atom. The van der Waals surface area contributed by atoms with Crippen LogP contribution in [-0.2, 0) is 11.2 Å². The first-order valence-corrected chi connectivity index (χ1v) is 6.95. The van der Waals surface area contributed by atoms with Gasteiger partial charge >= 0.3 is 0 Å². The fraction of sp³-hybridized carbons (Fsp3) is 0.500. The van der Waals surface area contributed by atoms with Crippen LogP contribution in [0.2, 0.25) is 0 Å². The fourth-order valence-electron chi connectivity index (χ4n) is 1.55. The number of carbonyl (C=O) groups is 1. The van der Waals surface area contributed by atoms with Crippen molar-refractivity contribution in [2.75, 3.05) is 20.7 Å². The van der Waals surface area contributed by atoms with Gasteiger partial charge in [0.25, 0.3) is 0 Å². The lowest BCUT2D eigenvalue weighted by atomic mass is 10.1. The molecule has 0 aliphatic carbocycles. The average Bonchev–Trinajstić information content (AvgIpc) is 2.36. The molecule has 0 aliphatic heterocycles. The van der Waals surface area contributed by atoms with E-state index in [1.54, 1.807) is 12.0 Å². The number of likely N-dealkylation sites (N-methyl/N-ethyl adjacent to an activating group) is 1. The Bertz CT molecular complexity index is 376. The Kier molecular flexibility index (Phi) is 6.19. The number of hydrogen-bond acceptors (Lipinski definition) is 2. The Labute approximate surface area is 117 Å². The summed E-state index contributed by atoms with van der Waals surface area (Å²) in [5.74, 6) is 0.959. The molecule has 1 atom stereocenters. The third-order valence-electron chi connectivity index (χ3n) is 2.80. The Hall–Kier alpha value is -1.03. The summed E-state index contributed by atoms with van der Waals surface area (Å²) in [4.78, 5) is 14.2. The molecule has 1 aromatic carbocycles. The molecule has 18 heavy (non-hydrogen) atoms. The molecule has 0 fully saturated rings. The highest BCUT2D eigenvalue weighted by molar-refractivity contribution is 9.09. The number of amides is 1. The van der Waals surface area contributed by atoms with Gasteiger partial charge in [0.1, 0.15) is 5.75 Å². The lowest BCUT2D eigenvalue weighted by Gasteiger charge is -2.18. The number of ether oxygens (including phenoxy) is 1. The summed E-state index contributed by atoms with van der Waals surface area (Å²) in [6, 6.07) is 7.61. The van der Waals surface area contributed by atoms with Crippen LogP contribution in [0.15, 0.2) is 24.3 Å². The molecule has 0 aliphatic rings. The number of methoxy groups -OCH3 is 1. The molecular weight excluding hydrogens is 294 g/mol. The van der Waals surface area contributed by atoms with Crippen LogP contribution >= 0.6 is 15.9 Å². The Balaban J connectivity index is 2.47. The predicted molar refractivity (Wildman–Crippen MR) is 77.3 cm³/mol. The second-order valence-corrected chi connectivity index (χ2v) is 5.97. The zero-order valence-electron chi connectivity index (χ0n) is 11.1. The summed E-state index contributed by atoms with van der Waals surface area (Å²) < 4.78 is 5.09. The Morgan fingerprint density at radius 1 is 1.39 bits per heavy atom. The fourth-order valence-corrected chi connectivity index (χ4v) is 1.75. The summed E-state index contributed by atoms with van der Waals surface area (Å²) in [7, 11) is 3.48. The van der Waals surface area contributed by atoms with Crippen LogP contribution < -0.4 is 4.74 Å². The maximum absolute atomic E-state index is 12.0. The summed E-state index contributed by atoms with van der Waals surface area (Å²) in [5.41, 5.74) is 1.01. The van der Waals surface area contributed by atoms with Crippen LogP contribution in [-0.4, -0.2) is 36.3 Å². The molecule has 0 spiro atoms. The summed E-state index contributed by atoms with van der Waals surface area (Å²) in [5, 5.41) is 0. The zero-order valence-corrected chi connectivity index (χ0v) is 12.7. The van der Waals surface area contributed by atoms with E-state index in [0.717, 1.165) is 24.3 Å². The zero-order chi connectivity index (χ0) is 13.5. The number of halogens is 1. The quantitative estimate of drug-likeness (QED) is 0.756. The van der Waals surface area contributed by atoms with Gasteiger partial charge < -0.3 is 9.64 Å². The van der Waals surface area contributed by atoms with E-state index in [2.05, 4.69) is 22.9 Å². The largest absolute Gasteiger partial charge is 0.497 e. The molecule has 0 aromatic heterocycles. The molecule has 4 heteroatoms. The van der Waals surface area contributed by atoms with E-state index in [1.165, 1.54) is 0 Å². The average molecular weight is 314 g/mol. The van der Waals surface area contributed by atoms with Gasteiger partial charge in [-0.25, -0.2) is 0 Å². The van der Waals surface area contributed by atoms with Crippen LogP contribution in [0.25, 0.3) is 0 Å². The highest BCUT2D eigenvalue weighted by Crippen LogP contribution is 2.12. The normalized spacial score (nSPS) is 12.0. The summed E-state index contributed by atoms with van der Waals surface area (Å²) in [6.07, 6.45) is 1.40. The van der Waals surface area contributed by atoms with Crippen LogP contribution in [0.5, 0.6) is 5.75 Å². The van der Waals surface area contributed by atoms with Gasteiger partial charge in [-0.2, -0.15) is 0 Å². The molecule has 3 nitrogen and oxygen atoms in total. The number of benzene rings is 1.